The summed E-state index contributed by atoms with van der Waals surface area (Å²) < 4.78 is 16.2. The van der Waals surface area contributed by atoms with E-state index < -0.39 is 4.92 Å². The number of nitrogens with zero attached hydrogens (tertiary/aromatic N) is 3. The van der Waals surface area contributed by atoms with Gasteiger partial charge in [0.25, 0.3) is 10.9 Å². The average molecular weight is 385 g/mol. The molecule has 9 nitrogen and oxygen atoms in total. The number of nitro benzene ring substituents is 1. The van der Waals surface area contributed by atoms with Crippen LogP contribution in [0.25, 0.3) is 11.5 Å². The van der Waals surface area contributed by atoms with Crippen molar-refractivity contribution >= 4 is 23.2 Å². The highest BCUT2D eigenvalue weighted by atomic mass is 32.2. The lowest BCUT2D eigenvalue weighted by atomic mass is 10.1. The molecule has 1 aromatic heterocycles. The largest absolute Gasteiger partial charge is 0.454 e. The number of nitro groups is 1. The van der Waals surface area contributed by atoms with Crippen LogP contribution < -0.4 is 9.47 Å². The molecule has 1 aliphatic heterocycles. The molecule has 0 radical (unpaired) electrons. The number of hydrogen-bond acceptors (Lipinski definition) is 9. The highest BCUT2D eigenvalue weighted by Gasteiger charge is 2.21. The Balaban J connectivity index is 1.61. The zero-order valence-electron chi connectivity index (χ0n) is 13.9. The maximum Gasteiger partial charge on any atom is 0.284 e. The van der Waals surface area contributed by atoms with Gasteiger partial charge < -0.3 is 13.9 Å². The number of ether oxygens (including phenoxy) is 2. The van der Waals surface area contributed by atoms with E-state index >= 15 is 0 Å². The van der Waals surface area contributed by atoms with Crippen molar-refractivity contribution < 1.29 is 23.6 Å². The summed E-state index contributed by atoms with van der Waals surface area (Å²) in [5, 5.41) is 19.3. The SMILES string of the molecule is CC(=O)c1ccc(Sc2nnc(-c3ccc4c(c3)OCO4)o2)c([N+](=O)[O-])c1. The highest BCUT2D eigenvalue weighted by molar-refractivity contribution is 7.99. The van der Waals surface area contributed by atoms with Crippen molar-refractivity contribution in [1.82, 2.24) is 10.2 Å². The van der Waals surface area contributed by atoms with Gasteiger partial charge in [-0.15, -0.1) is 10.2 Å². The molecule has 0 saturated carbocycles. The summed E-state index contributed by atoms with van der Waals surface area (Å²) in [6, 6.07) is 9.45. The summed E-state index contributed by atoms with van der Waals surface area (Å²) in [6.45, 7) is 1.51. The minimum absolute atomic E-state index is 0.140. The first kappa shape index (κ1) is 17.0. The Bertz CT molecular complexity index is 1060. The van der Waals surface area contributed by atoms with E-state index in [4.69, 9.17) is 13.9 Å². The number of ketones is 1. The van der Waals surface area contributed by atoms with Gasteiger partial charge in [-0.25, -0.2) is 0 Å². The van der Waals surface area contributed by atoms with Crippen LogP contribution >= 0.6 is 11.8 Å². The molecule has 0 aliphatic carbocycles. The molecule has 3 aromatic rings. The summed E-state index contributed by atoms with van der Waals surface area (Å²) >= 11 is 0.955. The first-order valence-electron chi connectivity index (χ1n) is 7.72. The van der Waals surface area contributed by atoms with Crippen molar-refractivity contribution in [3.63, 3.8) is 0 Å². The van der Waals surface area contributed by atoms with E-state index in [0.717, 1.165) is 11.8 Å². The van der Waals surface area contributed by atoms with Crippen molar-refractivity contribution in [1.29, 1.82) is 0 Å². The van der Waals surface area contributed by atoms with Gasteiger partial charge in [0.1, 0.15) is 0 Å². The summed E-state index contributed by atoms with van der Waals surface area (Å²) in [5.41, 5.74) is 0.702. The van der Waals surface area contributed by atoms with E-state index in [1.54, 1.807) is 18.2 Å². The van der Waals surface area contributed by atoms with Crippen molar-refractivity contribution in [2.24, 2.45) is 0 Å². The number of fused-ring (bicyclic) bond motifs is 1. The number of hydrogen-bond donors (Lipinski definition) is 0. The van der Waals surface area contributed by atoms with Gasteiger partial charge in [0.15, 0.2) is 17.3 Å². The zero-order valence-corrected chi connectivity index (χ0v) is 14.7. The molecule has 0 fully saturated rings. The lowest BCUT2D eigenvalue weighted by Gasteiger charge is -2.02. The Hall–Kier alpha value is -3.40. The molecule has 0 N–H and O–H groups in total. The Morgan fingerprint density at radius 3 is 2.74 bits per heavy atom. The van der Waals surface area contributed by atoms with Crippen molar-refractivity contribution in [3.05, 3.63) is 52.1 Å². The molecular weight excluding hydrogens is 374 g/mol. The number of Topliss-reactive ketones (excluding diaryl/α,β-unsaturated/α-hetero) is 1. The van der Waals surface area contributed by atoms with E-state index in [-0.39, 0.29) is 34.9 Å². The molecular formula is C17H11N3O6S. The summed E-state index contributed by atoms with van der Waals surface area (Å²) in [6.07, 6.45) is 0. The lowest BCUT2D eigenvalue weighted by Crippen LogP contribution is -1.97. The number of carbonyl (C=O) groups is 1. The molecule has 4 rings (SSSR count). The predicted octanol–water partition coefficient (Wildman–Crippen LogP) is 3.73. The molecule has 0 bridgehead atoms. The molecule has 10 heteroatoms. The van der Waals surface area contributed by atoms with Crippen molar-refractivity contribution in [2.45, 2.75) is 17.0 Å². The van der Waals surface area contributed by atoms with Crippen LogP contribution in [0.4, 0.5) is 5.69 Å². The first-order valence-corrected chi connectivity index (χ1v) is 8.53. The van der Waals surface area contributed by atoms with Gasteiger partial charge in [0, 0.05) is 17.2 Å². The third-order valence-corrected chi connectivity index (χ3v) is 4.69. The molecule has 1 aliphatic rings. The van der Waals surface area contributed by atoms with Crippen LogP contribution in [0.3, 0.4) is 0 Å². The van der Waals surface area contributed by atoms with Gasteiger partial charge in [-0.1, -0.05) is 0 Å². The fraction of sp³-hybridized carbons (Fsp3) is 0.118. The number of aromatic nitrogens is 2. The van der Waals surface area contributed by atoms with E-state index in [1.165, 1.54) is 25.1 Å². The monoisotopic (exact) mass is 385 g/mol. The standard InChI is InChI=1S/C17H11N3O6S/c1-9(21)10-3-5-15(12(6-10)20(22)23)27-17-19-18-16(26-17)11-2-4-13-14(7-11)25-8-24-13/h2-7H,8H2,1H3. The molecule has 27 heavy (non-hydrogen) atoms. The zero-order chi connectivity index (χ0) is 19.0. The van der Waals surface area contributed by atoms with Crippen LogP contribution in [0.1, 0.15) is 17.3 Å². The second-order valence-electron chi connectivity index (χ2n) is 5.54. The molecule has 0 amide bonds. The molecule has 2 heterocycles. The first-order chi connectivity index (χ1) is 13.0. The molecule has 2 aromatic carbocycles. The van der Waals surface area contributed by atoms with Crippen LogP contribution in [0.15, 0.2) is 50.9 Å². The summed E-state index contributed by atoms with van der Waals surface area (Å²) in [5.74, 6) is 1.21. The number of rotatable bonds is 5. The normalized spacial score (nSPS) is 12.2. The molecule has 0 saturated heterocycles. The van der Waals surface area contributed by atoms with Gasteiger partial charge in [0.2, 0.25) is 12.7 Å². The quantitative estimate of drug-likeness (QED) is 0.368. The van der Waals surface area contributed by atoms with Crippen LogP contribution in [0, 0.1) is 10.1 Å². The van der Waals surface area contributed by atoms with Gasteiger partial charge >= 0.3 is 0 Å². The fourth-order valence-electron chi connectivity index (χ4n) is 2.46. The van der Waals surface area contributed by atoms with E-state index in [1.807, 2.05) is 0 Å². The van der Waals surface area contributed by atoms with Crippen molar-refractivity contribution in [2.75, 3.05) is 6.79 Å². The topological polar surface area (TPSA) is 118 Å². The maximum atomic E-state index is 11.4. The van der Waals surface area contributed by atoms with Gasteiger partial charge in [-0.2, -0.15) is 0 Å². The average Bonchev–Trinajstić information content (AvgIpc) is 3.30. The summed E-state index contributed by atoms with van der Waals surface area (Å²) in [7, 11) is 0. The van der Waals surface area contributed by atoms with Gasteiger partial charge in [-0.05, 0) is 49.0 Å². The van der Waals surface area contributed by atoms with Gasteiger partial charge in [0.05, 0.1) is 9.82 Å². The van der Waals surface area contributed by atoms with Crippen LogP contribution in [0.2, 0.25) is 0 Å². The minimum atomic E-state index is -0.552. The Morgan fingerprint density at radius 1 is 1.15 bits per heavy atom. The Kier molecular flexibility index (Phi) is 4.24. The molecule has 0 spiro atoms. The lowest BCUT2D eigenvalue weighted by molar-refractivity contribution is -0.387. The molecule has 0 atom stereocenters. The second kappa shape index (κ2) is 6.72. The fourth-order valence-corrected chi connectivity index (χ4v) is 3.22. The minimum Gasteiger partial charge on any atom is -0.454 e. The van der Waals surface area contributed by atoms with Crippen LogP contribution in [-0.4, -0.2) is 27.7 Å². The maximum absolute atomic E-state index is 11.4. The summed E-state index contributed by atoms with van der Waals surface area (Å²) in [4.78, 5) is 22.5. The van der Waals surface area contributed by atoms with Gasteiger partial charge in [-0.3, -0.25) is 14.9 Å². The van der Waals surface area contributed by atoms with Crippen molar-refractivity contribution in [3.8, 4) is 23.0 Å². The van der Waals surface area contributed by atoms with Crippen LogP contribution in [-0.2, 0) is 0 Å². The van der Waals surface area contributed by atoms with E-state index in [9.17, 15) is 14.9 Å². The number of benzene rings is 2. The van der Waals surface area contributed by atoms with E-state index in [2.05, 4.69) is 10.2 Å². The van der Waals surface area contributed by atoms with Crippen LogP contribution in [0.5, 0.6) is 11.5 Å². The smallest absolute Gasteiger partial charge is 0.284 e. The third kappa shape index (κ3) is 3.34. The predicted molar refractivity (Wildman–Crippen MR) is 93.1 cm³/mol. The van der Waals surface area contributed by atoms with E-state index in [0.29, 0.717) is 22.0 Å². The molecule has 136 valence electrons. The Labute approximate surface area is 156 Å². The third-order valence-electron chi connectivity index (χ3n) is 3.79. The Morgan fingerprint density at radius 2 is 1.96 bits per heavy atom. The highest BCUT2D eigenvalue weighted by Crippen LogP contribution is 2.38. The second-order valence-corrected chi connectivity index (χ2v) is 6.53. The number of carbonyl (C=O) groups excluding carboxylic acids is 1. The molecule has 0 unspecified atom stereocenters.